The van der Waals surface area contributed by atoms with Crippen LogP contribution >= 0.6 is 35.0 Å². The average molecular weight is 289 g/mol. The van der Waals surface area contributed by atoms with Crippen molar-refractivity contribution in [3.05, 3.63) is 33.8 Å². The summed E-state index contributed by atoms with van der Waals surface area (Å²) in [6.45, 7) is 2.03. The fourth-order valence-corrected chi connectivity index (χ4v) is 3.84. The largest absolute Gasteiger partial charge is 0.298 e. The molecule has 0 N–H and O–H groups in total. The van der Waals surface area contributed by atoms with Gasteiger partial charge in [-0.05, 0) is 43.2 Å². The van der Waals surface area contributed by atoms with Crippen LogP contribution in [0.25, 0.3) is 0 Å². The number of carbonyl (C=O) groups is 1. The normalized spacial score (nSPS) is 23.9. The highest BCUT2D eigenvalue weighted by atomic mass is 35.5. The summed E-state index contributed by atoms with van der Waals surface area (Å²) in [5.41, 5.74) is 0.759. The minimum atomic E-state index is -0.248. The molecule has 1 atom stereocenters. The van der Waals surface area contributed by atoms with Gasteiger partial charge in [-0.15, -0.1) is 11.8 Å². The van der Waals surface area contributed by atoms with E-state index in [2.05, 4.69) is 0 Å². The molecule has 1 aliphatic rings. The number of hydrogen-bond acceptors (Lipinski definition) is 2. The molecule has 17 heavy (non-hydrogen) atoms. The maximum Gasteiger partial charge on any atom is 0.153 e. The van der Waals surface area contributed by atoms with Gasteiger partial charge in [-0.1, -0.05) is 29.3 Å². The molecule has 1 saturated heterocycles. The van der Waals surface area contributed by atoms with E-state index in [4.69, 9.17) is 23.2 Å². The third kappa shape index (κ3) is 2.81. The Bertz CT molecular complexity index is 419. The van der Waals surface area contributed by atoms with Crippen molar-refractivity contribution in [2.45, 2.75) is 30.9 Å². The van der Waals surface area contributed by atoms with Gasteiger partial charge in [-0.25, -0.2) is 0 Å². The highest BCUT2D eigenvalue weighted by Crippen LogP contribution is 2.40. The number of carbonyl (C=O) groups excluding carboxylic acids is 1. The first-order valence-electron chi connectivity index (χ1n) is 5.63. The molecule has 1 unspecified atom stereocenters. The van der Waals surface area contributed by atoms with E-state index in [1.807, 2.05) is 6.92 Å². The van der Waals surface area contributed by atoms with Crippen molar-refractivity contribution in [2.24, 2.45) is 0 Å². The second kappa shape index (κ2) is 5.21. The Morgan fingerprint density at radius 3 is 2.59 bits per heavy atom. The van der Waals surface area contributed by atoms with Gasteiger partial charge in [0.2, 0.25) is 0 Å². The first-order chi connectivity index (χ1) is 8.03. The predicted octanol–water partition coefficient (Wildman–Crippen LogP) is 4.39. The molecule has 0 saturated carbocycles. The molecule has 4 heteroatoms. The van der Waals surface area contributed by atoms with Crippen LogP contribution in [0, 0.1) is 0 Å². The molecule has 0 spiro atoms. The summed E-state index contributed by atoms with van der Waals surface area (Å²) < 4.78 is -0.248. The van der Waals surface area contributed by atoms with Crippen LogP contribution in [0.1, 0.15) is 25.3 Å². The summed E-state index contributed by atoms with van der Waals surface area (Å²) in [4.78, 5) is 12.3. The smallest absolute Gasteiger partial charge is 0.153 e. The van der Waals surface area contributed by atoms with Gasteiger partial charge in [0, 0.05) is 16.5 Å². The molecule has 2 rings (SSSR count). The monoisotopic (exact) mass is 288 g/mol. The summed E-state index contributed by atoms with van der Waals surface area (Å²) in [5.74, 6) is 1.30. The third-order valence-corrected chi connectivity index (χ3v) is 5.48. The van der Waals surface area contributed by atoms with Gasteiger partial charge in [0.1, 0.15) is 0 Å². The van der Waals surface area contributed by atoms with Crippen LogP contribution in [0.3, 0.4) is 0 Å². The van der Waals surface area contributed by atoms with Crippen LogP contribution in [-0.2, 0) is 11.2 Å². The van der Waals surface area contributed by atoms with Crippen LogP contribution in [-0.4, -0.2) is 16.3 Å². The molecule has 1 fully saturated rings. The Balaban J connectivity index is 2.18. The van der Waals surface area contributed by atoms with E-state index >= 15 is 0 Å². The minimum absolute atomic E-state index is 0.231. The zero-order valence-electron chi connectivity index (χ0n) is 9.63. The molecule has 92 valence electrons. The Kier molecular flexibility index (Phi) is 4.06. The van der Waals surface area contributed by atoms with E-state index < -0.39 is 0 Å². The van der Waals surface area contributed by atoms with E-state index in [-0.39, 0.29) is 10.5 Å². The van der Waals surface area contributed by atoms with Crippen molar-refractivity contribution in [1.82, 2.24) is 0 Å². The standard InChI is InChI=1S/C13H14Cl2OS/c1-13(6-3-7-17-13)12(16)8-9-10(14)4-2-5-11(9)15/h2,4-5H,3,6-8H2,1H3. The summed E-state index contributed by atoms with van der Waals surface area (Å²) in [6.07, 6.45) is 2.41. The molecule has 0 amide bonds. The van der Waals surface area contributed by atoms with Gasteiger partial charge >= 0.3 is 0 Å². The fourth-order valence-electron chi connectivity index (χ4n) is 2.05. The third-order valence-electron chi connectivity index (χ3n) is 3.21. The van der Waals surface area contributed by atoms with Gasteiger partial charge in [-0.2, -0.15) is 0 Å². The number of Topliss-reactive ketones (excluding diaryl/α,β-unsaturated/α-hetero) is 1. The number of rotatable bonds is 3. The van der Waals surface area contributed by atoms with Gasteiger partial charge in [0.25, 0.3) is 0 Å². The van der Waals surface area contributed by atoms with Crippen molar-refractivity contribution in [1.29, 1.82) is 0 Å². The van der Waals surface area contributed by atoms with Crippen molar-refractivity contribution >= 4 is 40.7 Å². The Morgan fingerprint density at radius 2 is 2.06 bits per heavy atom. The Hall–Kier alpha value is -0.180. The number of hydrogen-bond donors (Lipinski definition) is 0. The number of benzene rings is 1. The lowest BCUT2D eigenvalue weighted by molar-refractivity contribution is -0.120. The first-order valence-corrected chi connectivity index (χ1v) is 7.37. The molecule has 1 aromatic rings. The molecule has 1 aliphatic heterocycles. The maximum absolute atomic E-state index is 12.3. The second-order valence-electron chi connectivity index (χ2n) is 4.48. The predicted molar refractivity (Wildman–Crippen MR) is 75.3 cm³/mol. The van der Waals surface area contributed by atoms with Crippen LogP contribution < -0.4 is 0 Å². The van der Waals surface area contributed by atoms with Crippen molar-refractivity contribution in [3.63, 3.8) is 0 Å². The number of halogens is 2. The van der Waals surface area contributed by atoms with Gasteiger partial charge in [0.15, 0.2) is 5.78 Å². The summed E-state index contributed by atoms with van der Waals surface area (Å²) in [7, 11) is 0. The molecular formula is C13H14Cl2OS. The lowest BCUT2D eigenvalue weighted by Crippen LogP contribution is -2.30. The highest BCUT2D eigenvalue weighted by Gasteiger charge is 2.36. The van der Waals surface area contributed by atoms with E-state index in [0.717, 1.165) is 24.2 Å². The van der Waals surface area contributed by atoms with E-state index in [1.54, 1.807) is 30.0 Å². The molecule has 1 heterocycles. The summed E-state index contributed by atoms with van der Waals surface area (Å²) >= 11 is 13.9. The Morgan fingerprint density at radius 1 is 1.41 bits per heavy atom. The second-order valence-corrected chi connectivity index (χ2v) is 6.90. The van der Waals surface area contributed by atoms with Crippen molar-refractivity contribution in [2.75, 3.05) is 5.75 Å². The zero-order chi connectivity index (χ0) is 12.5. The van der Waals surface area contributed by atoms with Crippen LogP contribution in [0.5, 0.6) is 0 Å². The average Bonchev–Trinajstić information content (AvgIpc) is 2.72. The Labute approximate surface area is 116 Å². The van der Waals surface area contributed by atoms with Gasteiger partial charge < -0.3 is 0 Å². The van der Waals surface area contributed by atoms with Crippen molar-refractivity contribution in [3.8, 4) is 0 Å². The molecular weight excluding hydrogens is 275 g/mol. The van der Waals surface area contributed by atoms with Crippen LogP contribution in [0.2, 0.25) is 10.0 Å². The molecule has 0 radical (unpaired) electrons. The van der Waals surface area contributed by atoms with Gasteiger partial charge in [-0.3, -0.25) is 4.79 Å². The van der Waals surface area contributed by atoms with Crippen molar-refractivity contribution < 1.29 is 4.79 Å². The fraction of sp³-hybridized carbons (Fsp3) is 0.462. The van der Waals surface area contributed by atoms with Crippen LogP contribution in [0.4, 0.5) is 0 Å². The molecule has 0 aliphatic carbocycles. The van der Waals surface area contributed by atoms with E-state index in [1.165, 1.54) is 0 Å². The lowest BCUT2D eigenvalue weighted by Gasteiger charge is -2.21. The van der Waals surface area contributed by atoms with Gasteiger partial charge in [0.05, 0.1) is 4.75 Å². The van der Waals surface area contributed by atoms with E-state index in [0.29, 0.717) is 16.5 Å². The van der Waals surface area contributed by atoms with Crippen LogP contribution in [0.15, 0.2) is 18.2 Å². The summed E-state index contributed by atoms with van der Waals surface area (Å²) in [5, 5.41) is 1.16. The maximum atomic E-state index is 12.3. The van der Waals surface area contributed by atoms with E-state index in [9.17, 15) is 4.79 Å². The SMILES string of the molecule is CC1(C(=O)Cc2c(Cl)cccc2Cl)CCCS1. The number of thioether (sulfide) groups is 1. The topological polar surface area (TPSA) is 17.1 Å². The highest BCUT2D eigenvalue weighted by molar-refractivity contribution is 8.01. The zero-order valence-corrected chi connectivity index (χ0v) is 12.0. The summed E-state index contributed by atoms with van der Waals surface area (Å²) in [6, 6.07) is 5.35. The molecule has 1 aromatic carbocycles. The first kappa shape index (κ1) is 13.3. The quantitative estimate of drug-likeness (QED) is 0.821. The minimum Gasteiger partial charge on any atom is -0.298 e. The molecule has 1 nitrogen and oxygen atoms in total. The molecule has 0 aromatic heterocycles. The number of ketones is 1. The molecule has 0 bridgehead atoms. The lowest BCUT2D eigenvalue weighted by atomic mass is 9.95.